The van der Waals surface area contributed by atoms with E-state index in [1.807, 2.05) is 59.5 Å². The van der Waals surface area contributed by atoms with Crippen molar-refractivity contribution < 1.29 is 14.3 Å². The van der Waals surface area contributed by atoms with Gasteiger partial charge in [-0.1, -0.05) is 30.3 Å². The Balaban J connectivity index is 1.75. The molecule has 0 bridgehead atoms. The van der Waals surface area contributed by atoms with Crippen molar-refractivity contribution in [3.63, 3.8) is 0 Å². The van der Waals surface area contributed by atoms with E-state index in [1.54, 1.807) is 0 Å². The SMILES string of the molecule is CC(=O)Nc1ccc(-c2cc(C(=O)N3CCOCC3)c3ccccc3n2)cc1. The highest BCUT2D eigenvalue weighted by Gasteiger charge is 2.21. The van der Waals surface area contributed by atoms with E-state index in [0.29, 0.717) is 31.9 Å². The summed E-state index contributed by atoms with van der Waals surface area (Å²) in [4.78, 5) is 30.9. The number of pyridine rings is 1. The summed E-state index contributed by atoms with van der Waals surface area (Å²) < 4.78 is 5.37. The fourth-order valence-corrected chi connectivity index (χ4v) is 3.36. The van der Waals surface area contributed by atoms with E-state index in [1.165, 1.54) is 6.92 Å². The van der Waals surface area contributed by atoms with Gasteiger partial charge in [-0.15, -0.1) is 0 Å². The van der Waals surface area contributed by atoms with Crippen molar-refractivity contribution in [2.45, 2.75) is 6.92 Å². The van der Waals surface area contributed by atoms with Crippen LogP contribution in [0, 0.1) is 0 Å². The first kappa shape index (κ1) is 18.1. The minimum Gasteiger partial charge on any atom is -0.378 e. The molecule has 1 aromatic heterocycles. The number of anilines is 1. The van der Waals surface area contributed by atoms with Crippen LogP contribution in [0.2, 0.25) is 0 Å². The number of amides is 2. The van der Waals surface area contributed by atoms with E-state index in [4.69, 9.17) is 9.72 Å². The topological polar surface area (TPSA) is 71.5 Å². The molecule has 6 nitrogen and oxygen atoms in total. The van der Waals surface area contributed by atoms with E-state index < -0.39 is 0 Å². The number of aromatic nitrogens is 1. The monoisotopic (exact) mass is 375 g/mol. The van der Waals surface area contributed by atoms with Gasteiger partial charge >= 0.3 is 0 Å². The Bertz CT molecular complexity index is 1020. The Labute approximate surface area is 163 Å². The standard InChI is InChI=1S/C22H21N3O3/c1-15(26)23-17-8-6-16(7-9-17)21-14-19(18-4-2-3-5-20(18)24-21)22(27)25-10-12-28-13-11-25/h2-9,14H,10-13H2,1H3,(H,23,26). The lowest BCUT2D eigenvalue weighted by Gasteiger charge is -2.27. The molecule has 1 aliphatic rings. The molecule has 28 heavy (non-hydrogen) atoms. The number of morpholine rings is 1. The van der Waals surface area contributed by atoms with Crippen molar-refractivity contribution in [2.24, 2.45) is 0 Å². The Kier molecular flexibility index (Phi) is 5.04. The summed E-state index contributed by atoms with van der Waals surface area (Å²) in [7, 11) is 0. The van der Waals surface area contributed by atoms with Crippen LogP contribution in [0.5, 0.6) is 0 Å². The molecule has 2 amide bonds. The highest BCUT2D eigenvalue weighted by Crippen LogP contribution is 2.27. The van der Waals surface area contributed by atoms with Crippen LogP contribution >= 0.6 is 0 Å². The fraction of sp³-hybridized carbons (Fsp3) is 0.227. The van der Waals surface area contributed by atoms with E-state index in [-0.39, 0.29) is 11.8 Å². The molecule has 0 spiro atoms. The highest BCUT2D eigenvalue weighted by atomic mass is 16.5. The molecule has 142 valence electrons. The number of hydrogen-bond donors (Lipinski definition) is 1. The van der Waals surface area contributed by atoms with Crippen LogP contribution in [0.3, 0.4) is 0 Å². The van der Waals surface area contributed by atoms with Gasteiger partial charge in [0.2, 0.25) is 5.91 Å². The van der Waals surface area contributed by atoms with Gasteiger partial charge in [0.05, 0.1) is 30.0 Å². The van der Waals surface area contributed by atoms with Crippen LogP contribution in [0.15, 0.2) is 54.6 Å². The lowest BCUT2D eigenvalue weighted by atomic mass is 10.0. The number of para-hydroxylation sites is 1. The largest absolute Gasteiger partial charge is 0.378 e. The second-order valence-corrected chi connectivity index (χ2v) is 6.74. The van der Waals surface area contributed by atoms with Gasteiger partial charge in [-0.05, 0) is 24.3 Å². The molecule has 4 rings (SSSR count). The summed E-state index contributed by atoms with van der Waals surface area (Å²) in [5.41, 5.74) is 3.76. The number of benzene rings is 2. The summed E-state index contributed by atoms with van der Waals surface area (Å²) in [6.07, 6.45) is 0. The maximum absolute atomic E-state index is 13.2. The fourth-order valence-electron chi connectivity index (χ4n) is 3.36. The van der Waals surface area contributed by atoms with Crippen LogP contribution < -0.4 is 5.32 Å². The molecular formula is C22H21N3O3. The van der Waals surface area contributed by atoms with Gasteiger partial charge in [0.25, 0.3) is 5.91 Å². The Hall–Kier alpha value is -3.25. The Morgan fingerprint density at radius 3 is 2.46 bits per heavy atom. The van der Waals surface area contributed by atoms with Gasteiger partial charge in [-0.3, -0.25) is 9.59 Å². The van der Waals surface area contributed by atoms with Crippen LogP contribution in [-0.2, 0) is 9.53 Å². The summed E-state index contributed by atoms with van der Waals surface area (Å²) in [6.45, 7) is 3.78. The quantitative estimate of drug-likeness (QED) is 0.762. The number of fused-ring (bicyclic) bond motifs is 1. The molecule has 2 aromatic carbocycles. The third-order valence-electron chi connectivity index (χ3n) is 4.75. The van der Waals surface area contributed by atoms with Gasteiger partial charge in [0.1, 0.15) is 0 Å². The van der Waals surface area contributed by atoms with E-state index in [0.717, 1.165) is 27.8 Å². The molecule has 1 saturated heterocycles. The second kappa shape index (κ2) is 7.78. The lowest BCUT2D eigenvalue weighted by Crippen LogP contribution is -2.40. The number of hydrogen-bond acceptors (Lipinski definition) is 4. The molecular weight excluding hydrogens is 354 g/mol. The van der Waals surface area contributed by atoms with Gasteiger partial charge < -0.3 is 15.0 Å². The smallest absolute Gasteiger partial charge is 0.254 e. The molecule has 0 aliphatic carbocycles. The molecule has 0 saturated carbocycles. The third kappa shape index (κ3) is 3.73. The number of nitrogens with zero attached hydrogens (tertiary/aromatic N) is 2. The minimum atomic E-state index is -0.116. The molecule has 1 aliphatic heterocycles. The first-order valence-corrected chi connectivity index (χ1v) is 9.26. The maximum atomic E-state index is 13.2. The Morgan fingerprint density at radius 1 is 1.04 bits per heavy atom. The number of carbonyl (C=O) groups is 2. The number of carbonyl (C=O) groups excluding carboxylic acids is 2. The predicted molar refractivity (Wildman–Crippen MR) is 108 cm³/mol. The van der Waals surface area contributed by atoms with Gasteiger partial charge in [-0.2, -0.15) is 0 Å². The van der Waals surface area contributed by atoms with Crippen molar-refractivity contribution in [3.05, 3.63) is 60.2 Å². The van der Waals surface area contributed by atoms with E-state index in [9.17, 15) is 9.59 Å². The average molecular weight is 375 g/mol. The molecule has 2 heterocycles. The first-order chi connectivity index (χ1) is 13.6. The van der Waals surface area contributed by atoms with E-state index in [2.05, 4.69) is 5.32 Å². The number of ether oxygens (including phenoxy) is 1. The van der Waals surface area contributed by atoms with Gasteiger partial charge in [0, 0.05) is 36.7 Å². The lowest BCUT2D eigenvalue weighted by molar-refractivity contribution is -0.114. The van der Waals surface area contributed by atoms with Gasteiger partial charge in [-0.25, -0.2) is 4.98 Å². The third-order valence-corrected chi connectivity index (χ3v) is 4.75. The summed E-state index contributed by atoms with van der Waals surface area (Å²) in [6, 6.07) is 17.0. The number of nitrogens with one attached hydrogen (secondary N) is 1. The second-order valence-electron chi connectivity index (χ2n) is 6.74. The first-order valence-electron chi connectivity index (χ1n) is 9.26. The highest BCUT2D eigenvalue weighted by molar-refractivity contribution is 6.07. The molecule has 1 N–H and O–H groups in total. The normalized spacial score (nSPS) is 14.1. The van der Waals surface area contributed by atoms with Crippen LogP contribution in [0.25, 0.3) is 22.2 Å². The van der Waals surface area contributed by atoms with Crippen molar-refractivity contribution in [2.75, 3.05) is 31.6 Å². The zero-order chi connectivity index (χ0) is 19.5. The van der Waals surface area contributed by atoms with E-state index >= 15 is 0 Å². The van der Waals surface area contributed by atoms with Crippen molar-refractivity contribution >= 4 is 28.4 Å². The molecule has 1 fully saturated rings. The zero-order valence-corrected chi connectivity index (χ0v) is 15.6. The summed E-state index contributed by atoms with van der Waals surface area (Å²) in [5, 5.41) is 3.60. The maximum Gasteiger partial charge on any atom is 0.254 e. The van der Waals surface area contributed by atoms with Crippen LogP contribution in [-0.4, -0.2) is 48.0 Å². The van der Waals surface area contributed by atoms with Crippen molar-refractivity contribution in [3.8, 4) is 11.3 Å². The predicted octanol–water partition coefficient (Wildman–Crippen LogP) is 3.33. The van der Waals surface area contributed by atoms with Gasteiger partial charge in [0.15, 0.2) is 0 Å². The molecule has 0 radical (unpaired) electrons. The van der Waals surface area contributed by atoms with Crippen molar-refractivity contribution in [1.29, 1.82) is 0 Å². The minimum absolute atomic E-state index is 0.00184. The number of rotatable bonds is 3. The average Bonchev–Trinajstić information content (AvgIpc) is 2.73. The van der Waals surface area contributed by atoms with Crippen molar-refractivity contribution in [1.82, 2.24) is 9.88 Å². The molecule has 3 aromatic rings. The molecule has 0 unspecified atom stereocenters. The van der Waals surface area contributed by atoms with Crippen LogP contribution in [0.4, 0.5) is 5.69 Å². The molecule has 0 atom stereocenters. The molecule has 6 heteroatoms. The zero-order valence-electron chi connectivity index (χ0n) is 15.6. The summed E-state index contributed by atoms with van der Waals surface area (Å²) in [5.74, 6) is -0.118. The Morgan fingerprint density at radius 2 is 1.75 bits per heavy atom. The van der Waals surface area contributed by atoms with Crippen LogP contribution in [0.1, 0.15) is 17.3 Å². The summed E-state index contributed by atoms with van der Waals surface area (Å²) >= 11 is 0.